The van der Waals surface area contributed by atoms with Crippen LogP contribution in [0.4, 0.5) is 0 Å². The van der Waals surface area contributed by atoms with E-state index in [2.05, 4.69) is 74.6 Å². The molecule has 362 valence electrons. The molecule has 0 bridgehead atoms. The highest BCUT2D eigenvalue weighted by atomic mass is 31.2. The van der Waals surface area contributed by atoms with Crippen LogP contribution in [-0.2, 0) is 32.7 Å². The number of aliphatic hydroxyl groups is 5. The summed E-state index contributed by atoms with van der Waals surface area (Å²) < 4.78 is 33.5. The van der Waals surface area contributed by atoms with Crippen molar-refractivity contribution in [1.82, 2.24) is 0 Å². The molecule has 0 saturated heterocycles. The van der Waals surface area contributed by atoms with E-state index in [0.717, 1.165) is 83.5 Å². The average Bonchev–Trinajstić information content (AvgIpc) is 3.26. The van der Waals surface area contributed by atoms with Crippen molar-refractivity contribution in [3.63, 3.8) is 0 Å². The van der Waals surface area contributed by atoms with Crippen LogP contribution < -0.4 is 0 Å². The van der Waals surface area contributed by atoms with E-state index in [1.165, 1.54) is 38.5 Å². The number of unbranched alkanes of at least 4 members (excludes halogenated alkanes) is 14. The molecular weight excluding hydrogens is 827 g/mol. The molecule has 1 fully saturated rings. The molecule has 0 aromatic rings. The smallest absolute Gasteiger partial charge is 0.462 e. The van der Waals surface area contributed by atoms with Gasteiger partial charge in [-0.25, -0.2) is 4.57 Å². The number of carbonyl (C=O) groups is 2. The van der Waals surface area contributed by atoms with Gasteiger partial charge in [0.05, 0.1) is 6.61 Å². The molecule has 0 spiro atoms. The number of allylic oxidation sites excluding steroid dienone is 12. The summed E-state index contributed by atoms with van der Waals surface area (Å²) in [6.07, 6.45) is 35.2. The number of aliphatic hydroxyl groups excluding tert-OH is 5. The predicted molar refractivity (Wildman–Crippen MR) is 249 cm³/mol. The van der Waals surface area contributed by atoms with Gasteiger partial charge in [-0.05, 0) is 83.5 Å². The second-order valence-corrected chi connectivity index (χ2v) is 17.7. The van der Waals surface area contributed by atoms with Crippen LogP contribution in [0.1, 0.15) is 168 Å². The maximum atomic E-state index is 12.8. The molecule has 63 heavy (non-hydrogen) atoms. The Hall–Kier alpha value is -2.71. The van der Waals surface area contributed by atoms with Gasteiger partial charge in [0, 0.05) is 12.8 Å². The lowest BCUT2D eigenvalue weighted by atomic mass is 9.85. The number of phosphoric acid groups is 1. The Balaban J connectivity index is 2.50. The molecule has 0 heterocycles. The van der Waals surface area contributed by atoms with Gasteiger partial charge in [-0.2, -0.15) is 0 Å². The van der Waals surface area contributed by atoms with E-state index in [9.17, 15) is 44.6 Å². The van der Waals surface area contributed by atoms with Crippen molar-refractivity contribution >= 4 is 19.8 Å². The van der Waals surface area contributed by atoms with Gasteiger partial charge in [-0.15, -0.1) is 0 Å². The summed E-state index contributed by atoms with van der Waals surface area (Å²) in [4.78, 5) is 35.7. The summed E-state index contributed by atoms with van der Waals surface area (Å²) in [5.41, 5.74) is 0. The summed E-state index contributed by atoms with van der Waals surface area (Å²) in [5, 5.41) is 50.2. The van der Waals surface area contributed by atoms with Crippen molar-refractivity contribution in [3.05, 3.63) is 72.9 Å². The number of phosphoric ester groups is 1. The van der Waals surface area contributed by atoms with E-state index in [0.29, 0.717) is 19.3 Å². The largest absolute Gasteiger partial charge is 0.472 e. The van der Waals surface area contributed by atoms with Crippen LogP contribution in [-0.4, -0.2) is 98.3 Å². The Kier molecular flexibility index (Phi) is 35.7. The topological polar surface area (TPSA) is 210 Å². The maximum Gasteiger partial charge on any atom is 0.472 e. The summed E-state index contributed by atoms with van der Waals surface area (Å²) in [5.74, 6) is -1.18. The average molecular weight is 911 g/mol. The van der Waals surface area contributed by atoms with Gasteiger partial charge in [0.1, 0.15) is 43.2 Å². The zero-order valence-corrected chi connectivity index (χ0v) is 39.2. The first kappa shape index (κ1) is 58.3. The highest BCUT2D eigenvalue weighted by Gasteiger charge is 2.51. The second-order valence-electron chi connectivity index (χ2n) is 16.3. The van der Waals surface area contributed by atoms with Gasteiger partial charge < -0.3 is 39.9 Å². The van der Waals surface area contributed by atoms with Gasteiger partial charge in [0.25, 0.3) is 0 Å². The summed E-state index contributed by atoms with van der Waals surface area (Å²) in [7, 11) is -5.14. The number of esters is 2. The number of rotatable bonds is 38. The van der Waals surface area contributed by atoms with Gasteiger partial charge in [-0.3, -0.25) is 18.6 Å². The molecule has 0 aliphatic heterocycles. The van der Waals surface area contributed by atoms with Crippen molar-refractivity contribution in [2.75, 3.05) is 13.2 Å². The molecule has 1 rings (SSSR count). The van der Waals surface area contributed by atoms with Crippen molar-refractivity contribution in [1.29, 1.82) is 0 Å². The van der Waals surface area contributed by atoms with E-state index in [1.54, 1.807) is 0 Å². The fraction of sp³-hybridized carbons (Fsp3) is 0.714. The summed E-state index contributed by atoms with van der Waals surface area (Å²) in [6.45, 7) is 3.19. The highest BCUT2D eigenvalue weighted by molar-refractivity contribution is 7.47. The number of ether oxygens (including phenoxy) is 2. The first-order chi connectivity index (χ1) is 30.4. The maximum absolute atomic E-state index is 12.8. The molecule has 0 aromatic carbocycles. The van der Waals surface area contributed by atoms with Crippen molar-refractivity contribution in [2.24, 2.45) is 0 Å². The van der Waals surface area contributed by atoms with E-state index in [-0.39, 0.29) is 12.8 Å². The lowest BCUT2D eigenvalue weighted by molar-refractivity contribution is -0.220. The zero-order valence-electron chi connectivity index (χ0n) is 38.3. The Morgan fingerprint density at radius 2 is 0.873 bits per heavy atom. The molecule has 0 aromatic heterocycles. The fourth-order valence-electron chi connectivity index (χ4n) is 6.66. The number of hydrogen-bond donors (Lipinski definition) is 6. The molecule has 13 nitrogen and oxygen atoms in total. The minimum absolute atomic E-state index is 0.0726. The van der Waals surface area contributed by atoms with Crippen LogP contribution in [0.15, 0.2) is 72.9 Å². The Bertz CT molecular complexity index is 1380. The third-order valence-electron chi connectivity index (χ3n) is 10.5. The third kappa shape index (κ3) is 31.0. The minimum atomic E-state index is -5.14. The van der Waals surface area contributed by atoms with Crippen LogP contribution in [0.25, 0.3) is 0 Å². The van der Waals surface area contributed by atoms with Crippen molar-refractivity contribution in [3.8, 4) is 0 Å². The van der Waals surface area contributed by atoms with Gasteiger partial charge in [-0.1, -0.05) is 145 Å². The first-order valence-corrected chi connectivity index (χ1v) is 25.2. The molecule has 6 N–H and O–H groups in total. The Morgan fingerprint density at radius 1 is 0.492 bits per heavy atom. The minimum Gasteiger partial charge on any atom is -0.462 e. The van der Waals surface area contributed by atoms with Crippen LogP contribution >= 0.6 is 7.82 Å². The molecule has 1 saturated carbocycles. The van der Waals surface area contributed by atoms with Gasteiger partial charge in [0.2, 0.25) is 0 Å². The molecular formula is C49H83O13P. The standard InChI is InChI=1S/C49H83O13P/c1-3-5-7-9-11-13-15-17-19-21-23-25-27-29-31-33-35-37-42(50)59-39-41(40-60-63(57,58)62-49-47(55)45(53)44(52)46(54)48(49)56)61-43(51)38-36-34-32-30-28-26-24-22-20-18-16-14-12-10-8-6-4-2/h11-14,17-20,23,25,29,31,41,44-49,52-56H,3-10,15-16,21-22,24,26-28,30,32-40H2,1-2H3,(H,57,58)/b13-11+,14-12+,19-17+,20-18+,25-23+,31-29+/t41-,44?,45-,46?,47?,48?,49?/m0/s1. The van der Waals surface area contributed by atoms with Crippen LogP contribution in [0.5, 0.6) is 0 Å². The number of hydrogen-bond acceptors (Lipinski definition) is 12. The molecule has 0 amide bonds. The first-order valence-electron chi connectivity index (χ1n) is 23.7. The van der Waals surface area contributed by atoms with Crippen LogP contribution in [0, 0.1) is 0 Å². The van der Waals surface area contributed by atoms with Crippen LogP contribution in [0.3, 0.4) is 0 Å². The summed E-state index contributed by atoms with van der Waals surface area (Å²) >= 11 is 0. The SMILES string of the molecule is CCCCC/C=C/C/C=C/C/C=C/C/C=C/CCCC(=O)OC[C@@H](COP(=O)(O)OC1C(O)C(O)C(O)[C@H](O)C1O)OC(=O)CCCCCCCCC/C=C/C/C=C/CCCCC. The molecule has 1 aliphatic rings. The monoisotopic (exact) mass is 911 g/mol. The third-order valence-corrected chi connectivity index (χ3v) is 11.5. The molecule has 0 radical (unpaired) electrons. The normalized spacial score (nSPS) is 22.3. The van der Waals surface area contributed by atoms with E-state index in [4.69, 9.17) is 18.5 Å². The zero-order chi connectivity index (χ0) is 46.4. The van der Waals surface area contributed by atoms with E-state index < -0.39 is 75.7 Å². The van der Waals surface area contributed by atoms with Gasteiger partial charge >= 0.3 is 19.8 Å². The summed E-state index contributed by atoms with van der Waals surface area (Å²) in [6, 6.07) is 0. The quantitative estimate of drug-likeness (QED) is 0.0148. The fourth-order valence-corrected chi connectivity index (χ4v) is 7.63. The van der Waals surface area contributed by atoms with E-state index in [1.807, 2.05) is 12.2 Å². The van der Waals surface area contributed by atoms with Crippen LogP contribution in [0.2, 0.25) is 0 Å². The Labute approximate surface area is 378 Å². The number of carbonyl (C=O) groups excluding carboxylic acids is 2. The molecule has 14 heteroatoms. The second kappa shape index (κ2) is 38.5. The molecule has 6 unspecified atom stereocenters. The Morgan fingerprint density at radius 3 is 1.35 bits per heavy atom. The highest BCUT2D eigenvalue weighted by Crippen LogP contribution is 2.47. The molecule has 8 atom stereocenters. The van der Waals surface area contributed by atoms with Crippen molar-refractivity contribution < 1.29 is 63.1 Å². The lowest BCUT2D eigenvalue weighted by Crippen LogP contribution is -2.64. The van der Waals surface area contributed by atoms with E-state index >= 15 is 0 Å². The molecule has 1 aliphatic carbocycles. The predicted octanol–water partition coefficient (Wildman–Crippen LogP) is 9.50. The van der Waals surface area contributed by atoms with Crippen molar-refractivity contribution in [2.45, 2.75) is 211 Å². The lowest BCUT2D eigenvalue weighted by Gasteiger charge is -2.41. The van der Waals surface area contributed by atoms with Gasteiger partial charge in [0.15, 0.2) is 6.10 Å².